The van der Waals surface area contributed by atoms with Crippen LogP contribution in [0.1, 0.15) is 250 Å². The number of methoxy groups -OCH3 is 1. The lowest BCUT2D eigenvalue weighted by molar-refractivity contribution is 0.0539. The number of unbranched alkanes of at least 4 members (excludes halogenated alkanes) is 6. The summed E-state index contributed by atoms with van der Waals surface area (Å²) in [6, 6.07) is 60.1. The highest BCUT2D eigenvalue weighted by Gasteiger charge is 2.37. The molecule has 0 fully saturated rings. The number of carbonyl (C=O) groups excluding carboxylic acids is 6. The summed E-state index contributed by atoms with van der Waals surface area (Å²) in [7, 11) is 1.65. The number of fused-ring (bicyclic) bond motifs is 3. The largest absolute Gasteiger partial charge is 0.496 e. The van der Waals surface area contributed by atoms with Gasteiger partial charge < -0.3 is 54.2 Å². The lowest BCUT2D eigenvalue weighted by atomic mass is 9.93. The van der Waals surface area contributed by atoms with Crippen LogP contribution in [0.4, 0.5) is 4.39 Å². The second-order valence-electron chi connectivity index (χ2n) is 36.1. The molecule has 0 saturated carbocycles. The smallest absolute Gasteiger partial charge is 0.274 e. The van der Waals surface area contributed by atoms with Crippen LogP contribution in [-0.2, 0) is 38.9 Å². The van der Waals surface area contributed by atoms with Crippen LogP contribution in [-0.4, -0.2) is 205 Å². The fourth-order valence-electron chi connectivity index (χ4n) is 18.3. The Hall–Kier alpha value is -13.2. The summed E-state index contributed by atoms with van der Waals surface area (Å²) < 4.78 is 30.2. The fraction of sp³-hybridized carbons (Fsp3) is 0.393. The van der Waals surface area contributed by atoms with Gasteiger partial charge in [-0.3, -0.25) is 28.8 Å². The normalized spacial score (nSPS) is 14.3. The molecule has 12 aromatic rings. The third-order valence-electron chi connectivity index (χ3n) is 26.3. The first-order valence-corrected chi connectivity index (χ1v) is 48.9. The molecule has 4 aromatic heterocycles. The Morgan fingerprint density at radius 1 is 0.372 bits per heavy atom. The molecule has 15 rings (SSSR count). The summed E-state index contributed by atoms with van der Waals surface area (Å²) >= 11 is 0. The number of benzene rings is 8. The van der Waals surface area contributed by atoms with Gasteiger partial charge in [0, 0.05) is 93.8 Å². The van der Waals surface area contributed by atoms with Gasteiger partial charge in [-0.15, -0.1) is 0 Å². The predicted octanol–water partition coefficient (Wildman–Crippen LogP) is 19.9. The van der Waals surface area contributed by atoms with E-state index in [0.29, 0.717) is 147 Å². The lowest BCUT2D eigenvalue weighted by Gasteiger charge is -2.36. The van der Waals surface area contributed by atoms with Gasteiger partial charge in [-0.05, 0) is 257 Å². The molecule has 3 atom stereocenters. The highest BCUT2D eigenvalue weighted by Crippen LogP contribution is 2.38. The average molecular weight is 1860 g/mol. The molecular formula is C112H134FN13O11. The minimum absolute atomic E-state index is 0.0880. The van der Waals surface area contributed by atoms with Gasteiger partial charge in [0.15, 0.2) is 17.1 Å². The van der Waals surface area contributed by atoms with Gasteiger partial charge in [-0.1, -0.05) is 183 Å². The number of ether oxygens (including phenoxy) is 2. The van der Waals surface area contributed by atoms with E-state index in [2.05, 4.69) is 58.7 Å². The van der Waals surface area contributed by atoms with Crippen molar-refractivity contribution in [2.45, 2.75) is 217 Å². The quantitative estimate of drug-likeness (QED) is 0.0329. The number of aliphatic hydroxyl groups is 3. The van der Waals surface area contributed by atoms with E-state index in [0.717, 1.165) is 172 Å². The van der Waals surface area contributed by atoms with Gasteiger partial charge in [0.2, 0.25) is 5.88 Å². The van der Waals surface area contributed by atoms with Crippen LogP contribution >= 0.6 is 0 Å². The van der Waals surface area contributed by atoms with Crippen LogP contribution in [0.2, 0.25) is 0 Å². The summed E-state index contributed by atoms with van der Waals surface area (Å²) in [6.45, 7) is 29.4. The van der Waals surface area contributed by atoms with Gasteiger partial charge in [0.25, 0.3) is 35.4 Å². The standard InChI is InChI=1S/C38H46N4O4.C37H43FN4O3.C37H45N5O4/c1-6-8-18-40(19-9-7-2)38(45)34-21-27(4)42(39-34)35-16-14-30(29-15-17-36(46-5)26(3)20-29)23-33(35)37(44)41-24-31-13-11-10-12-28(31)22-32(41)25-43;1-5-7-17-40(18-8-6-2)37(45)34-20-26(4)42(39-34)35-16-14-29(28-13-15-33(38)25(3)19-28)22-32(35)36(44)41-23-30-12-10-9-11-27(30)21-31(41)24-43;1-5-8-18-40(19-9-6-2)37(45)33-20-26(4)42(39-33)34-16-14-28(29-15-17-35(38-23-29)46-7-3)22-32(34)36(44)41-24-30-13-11-10-12-27(30)21-31(41)25-43/h10-17,20-21,23,32,43H,6-9,18-19,22,24-25H2,1-5H3;9-16,19-20,22,31,43H,5-8,17-18,21,23-24H2,1-4H3;10-17,20,22-23,31,43H,5-9,18-19,21,24-25H2,1-4H3/t32-;2*31-/m000/s1. The van der Waals surface area contributed by atoms with Crippen LogP contribution in [0.25, 0.3) is 50.4 Å². The van der Waals surface area contributed by atoms with Crippen molar-refractivity contribution in [3.05, 3.63) is 301 Å². The third-order valence-corrected chi connectivity index (χ3v) is 26.3. The zero-order valence-electron chi connectivity index (χ0n) is 81.9. The number of nitrogens with zero attached hydrogens (tertiary/aromatic N) is 13. The molecule has 6 amide bonds. The predicted molar refractivity (Wildman–Crippen MR) is 536 cm³/mol. The first-order valence-electron chi connectivity index (χ1n) is 48.9. The Bertz CT molecular complexity index is 6170. The molecule has 0 aliphatic carbocycles. The van der Waals surface area contributed by atoms with E-state index in [1.54, 1.807) is 73.2 Å². The second-order valence-corrected chi connectivity index (χ2v) is 36.1. The van der Waals surface area contributed by atoms with Crippen molar-refractivity contribution in [3.63, 3.8) is 0 Å². The van der Waals surface area contributed by atoms with Crippen molar-refractivity contribution in [1.29, 1.82) is 0 Å². The number of amides is 6. The number of rotatable bonds is 36. The van der Waals surface area contributed by atoms with Crippen LogP contribution in [0.3, 0.4) is 0 Å². The van der Waals surface area contributed by atoms with E-state index >= 15 is 0 Å². The molecule has 8 aromatic carbocycles. The van der Waals surface area contributed by atoms with Gasteiger partial charge in [-0.2, -0.15) is 15.3 Å². The Kier molecular flexibility index (Phi) is 35.4. The molecule has 3 aliphatic heterocycles. The zero-order valence-corrected chi connectivity index (χ0v) is 81.9. The Morgan fingerprint density at radius 3 is 0.964 bits per heavy atom. The van der Waals surface area contributed by atoms with Crippen molar-refractivity contribution in [1.82, 2.24) is 63.7 Å². The number of pyridine rings is 1. The molecule has 0 unspecified atom stereocenters. The number of aromatic nitrogens is 7. The molecule has 0 spiro atoms. The van der Waals surface area contributed by atoms with E-state index in [1.807, 2.05) is 201 Å². The van der Waals surface area contributed by atoms with Gasteiger partial charge in [0.05, 0.1) is 85.4 Å². The summed E-state index contributed by atoms with van der Waals surface area (Å²) in [5.74, 6) is 0.106. The van der Waals surface area contributed by atoms with Gasteiger partial charge in [-0.25, -0.2) is 23.4 Å². The number of hydrogen-bond donors (Lipinski definition) is 3. The van der Waals surface area contributed by atoms with Crippen molar-refractivity contribution in [2.24, 2.45) is 0 Å². The minimum atomic E-state index is -0.390. The minimum Gasteiger partial charge on any atom is -0.496 e. The second kappa shape index (κ2) is 48.0. The van der Waals surface area contributed by atoms with Crippen LogP contribution in [0.15, 0.2) is 200 Å². The van der Waals surface area contributed by atoms with Crippen LogP contribution in [0.5, 0.6) is 11.6 Å². The number of hydrogen-bond acceptors (Lipinski definition) is 15. The van der Waals surface area contributed by atoms with Crippen molar-refractivity contribution in [2.75, 3.05) is 72.8 Å². The molecule has 137 heavy (non-hydrogen) atoms. The maximum absolute atomic E-state index is 14.6. The van der Waals surface area contributed by atoms with Crippen LogP contribution in [0, 0.1) is 40.4 Å². The average Bonchev–Trinajstić information content (AvgIpc) is 1.76. The monoisotopic (exact) mass is 1860 g/mol. The molecule has 25 heteroatoms. The van der Waals surface area contributed by atoms with Gasteiger partial charge in [0.1, 0.15) is 11.6 Å². The number of aryl methyl sites for hydroxylation is 5. The lowest BCUT2D eigenvalue weighted by Crippen LogP contribution is -2.46. The molecule has 3 aliphatic rings. The molecule has 0 bridgehead atoms. The summed E-state index contributed by atoms with van der Waals surface area (Å²) in [4.78, 5) is 100.0. The highest BCUT2D eigenvalue weighted by atomic mass is 19.1. The Balaban J connectivity index is 0.000000174. The van der Waals surface area contributed by atoms with E-state index < -0.39 is 6.04 Å². The molecule has 720 valence electrons. The molecular weight excluding hydrogens is 1720 g/mol. The van der Waals surface area contributed by atoms with E-state index in [-0.39, 0.29) is 73.2 Å². The maximum Gasteiger partial charge on any atom is 0.274 e. The van der Waals surface area contributed by atoms with Crippen molar-refractivity contribution >= 4 is 35.4 Å². The zero-order chi connectivity index (χ0) is 97.5. The molecule has 24 nitrogen and oxygen atoms in total. The first-order chi connectivity index (χ1) is 66.4. The van der Waals surface area contributed by atoms with Crippen molar-refractivity contribution < 1.29 is 58.0 Å². The van der Waals surface area contributed by atoms with E-state index in [9.17, 15) is 48.5 Å². The summed E-state index contributed by atoms with van der Waals surface area (Å²) in [5, 5.41) is 45.5. The Morgan fingerprint density at radius 2 is 0.672 bits per heavy atom. The summed E-state index contributed by atoms with van der Waals surface area (Å²) in [6.07, 6.45) is 15.0. The van der Waals surface area contributed by atoms with E-state index in [1.165, 1.54) is 6.07 Å². The maximum atomic E-state index is 14.6. The molecule has 7 heterocycles. The van der Waals surface area contributed by atoms with Crippen LogP contribution < -0.4 is 9.47 Å². The molecule has 0 saturated heterocycles. The topological polar surface area (TPSA) is 267 Å². The first kappa shape index (κ1) is 101. The van der Waals surface area contributed by atoms with Crippen molar-refractivity contribution in [3.8, 4) is 62.1 Å². The third kappa shape index (κ3) is 23.9. The summed E-state index contributed by atoms with van der Waals surface area (Å²) in [5.41, 5.74) is 19.5. The number of halogens is 1. The number of carbonyl (C=O) groups is 6. The van der Waals surface area contributed by atoms with Gasteiger partial charge >= 0.3 is 0 Å². The SMILES string of the molecule is CCCCN(CCCC)C(=O)c1cc(C)n(-c2ccc(-c3ccc(F)c(C)c3)cc2C(=O)N2Cc3ccccc3C[C@H]2CO)n1.CCCCN(CCCC)C(=O)c1cc(C)n(-c2ccc(-c3ccc(OC)c(C)c3)cc2C(=O)N2Cc3ccccc3C[C@H]2CO)n1.CCCCN(CCCC)C(=O)c1cc(C)n(-c2ccc(-c3ccc(OCC)nc3)cc2C(=O)N2Cc3ccccc3C[C@H]2CO)n1. The molecule has 0 radical (unpaired) electrons. The molecule has 3 N–H and O–H groups in total. The van der Waals surface area contributed by atoms with E-state index in [4.69, 9.17) is 24.8 Å². The fourth-order valence-corrected chi connectivity index (χ4v) is 18.3. The number of aliphatic hydroxyl groups excluding tert-OH is 3. The highest BCUT2D eigenvalue weighted by molar-refractivity contribution is 6.02. The Labute approximate surface area is 806 Å².